The van der Waals surface area contributed by atoms with Crippen molar-refractivity contribution in [3.63, 3.8) is 0 Å². The molecular formula is C12H19N. The third kappa shape index (κ3) is 2.88. The van der Waals surface area contributed by atoms with Crippen molar-refractivity contribution in [1.29, 1.82) is 5.26 Å². The van der Waals surface area contributed by atoms with Crippen LogP contribution in [0, 0.1) is 16.7 Å². The lowest BCUT2D eigenvalue weighted by Gasteiger charge is -2.30. The SMILES string of the molecule is C=C(C)CCC1(C#N)CCCCC1. The topological polar surface area (TPSA) is 23.8 Å². The predicted octanol–water partition coefficient (Wildman–Crippen LogP) is 3.82. The molecule has 1 nitrogen and oxygen atoms in total. The molecule has 72 valence electrons. The van der Waals surface area contributed by atoms with E-state index >= 15 is 0 Å². The molecule has 0 N–H and O–H groups in total. The monoisotopic (exact) mass is 177 g/mol. The van der Waals surface area contributed by atoms with Crippen LogP contribution < -0.4 is 0 Å². The minimum Gasteiger partial charge on any atom is -0.198 e. The Balaban J connectivity index is 2.49. The number of hydrogen-bond acceptors (Lipinski definition) is 1. The van der Waals surface area contributed by atoms with Gasteiger partial charge in [-0.05, 0) is 32.6 Å². The van der Waals surface area contributed by atoms with Crippen LogP contribution in [0.2, 0.25) is 0 Å². The zero-order valence-corrected chi connectivity index (χ0v) is 8.60. The normalized spacial score (nSPS) is 20.6. The second-order valence-corrected chi connectivity index (χ2v) is 4.41. The standard InChI is InChI=1S/C12H19N/c1-11(2)6-9-12(10-13)7-4-3-5-8-12/h1,3-9H2,2H3. The van der Waals surface area contributed by atoms with Crippen LogP contribution in [-0.2, 0) is 0 Å². The molecule has 0 radical (unpaired) electrons. The first-order valence-electron chi connectivity index (χ1n) is 5.24. The van der Waals surface area contributed by atoms with Crippen molar-refractivity contribution in [3.8, 4) is 6.07 Å². The highest BCUT2D eigenvalue weighted by Crippen LogP contribution is 2.40. The Bertz CT molecular complexity index is 216. The summed E-state index contributed by atoms with van der Waals surface area (Å²) in [6.45, 7) is 5.95. The Labute approximate surface area is 81.5 Å². The lowest BCUT2D eigenvalue weighted by atomic mass is 9.72. The summed E-state index contributed by atoms with van der Waals surface area (Å²) < 4.78 is 0. The maximum atomic E-state index is 9.17. The molecule has 1 aliphatic carbocycles. The van der Waals surface area contributed by atoms with E-state index in [1.165, 1.54) is 24.8 Å². The van der Waals surface area contributed by atoms with Crippen molar-refractivity contribution in [2.45, 2.75) is 51.9 Å². The Morgan fingerprint density at radius 3 is 2.46 bits per heavy atom. The van der Waals surface area contributed by atoms with E-state index in [-0.39, 0.29) is 5.41 Å². The molecule has 0 spiro atoms. The summed E-state index contributed by atoms with van der Waals surface area (Å²) >= 11 is 0. The van der Waals surface area contributed by atoms with Gasteiger partial charge in [0.2, 0.25) is 0 Å². The van der Waals surface area contributed by atoms with Gasteiger partial charge in [-0.2, -0.15) is 5.26 Å². The molecular weight excluding hydrogens is 158 g/mol. The first-order valence-corrected chi connectivity index (χ1v) is 5.24. The fourth-order valence-corrected chi connectivity index (χ4v) is 2.10. The van der Waals surface area contributed by atoms with Crippen LogP contribution in [-0.4, -0.2) is 0 Å². The largest absolute Gasteiger partial charge is 0.198 e. The lowest BCUT2D eigenvalue weighted by molar-refractivity contribution is 0.249. The summed E-state index contributed by atoms with van der Waals surface area (Å²) in [7, 11) is 0. The van der Waals surface area contributed by atoms with Gasteiger partial charge >= 0.3 is 0 Å². The maximum Gasteiger partial charge on any atom is 0.0689 e. The first kappa shape index (κ1) is 10.3. The minimum atomic E-state index is -0.00278. The van der Waals surface area contributed by atoms with E-state index in [1.807, 2.05) is 6.92 Å². The third-order valence-electron chi connectivity index (χ3n) is 3.08. The second-order valence-electron chi connectivity index (χ2n) is 4.41. The zero-order valence-electron chi connectivity index (χ0n) is 8.60. The van der Waals surface area contributed by atoms with Gasteiger partial charge in [0, 0.05) is 0 Å². The van der Waals surface area contributed by atoms with Gasteiger partial charge in [0.1, 0.15) is 0 Å². The van der Waals surface area contributed by atoms with E-state index in [0.717, 1.165) is 25.7 Å². The summed E-state index contributed by atoms with van der Waals surface area (Å²) in [6.07, 6.45) is 8.06. The average Bonchev–Trinajstić information content (AvgIpc) is 2.16. The van der Waals surface area contributed by atoms with Gasteiger partial charge in [-0.25, -0.2) is 0 Å². The molecule has 0 unspecified atom stereocenters. The Hall–Kier alpha value is -0.770. The highest BCUT2D eigenvalue weighted by atomic mass is 14.4. The van der Waals surface area contributed by atoms with Crippen LogP contribution in [0.5, 0.6) is 0 Å². The van der Waals surface area contributed by atoms with Crippen LogP contribution >= 0.6 is 0 Å². The Morgan fingerprint density at radius 2 is 2.00 bits per heavy atom. The highest BCUT2D eigenvalue weighted by Gasteiger charge is 2.31. The molecule has 0 aliphatic heterocycles. The third-order valence-corrected chi connectivity index (χ3v) is 3.08. The Kier molecular flexibility index (Phi) is 3.54. The molecule has 1 rings (SSSR count). The smallest absolute Gasteiger partial charge is 0.0689 e. The number of rotatable bonds is 3. The summed E-state index contributed by atoms with van der Waals surface area (Å²) in [5.41, 5.74) is 1.21. The fraction of sp³-hybridized carbons (Fsp3) is 0.750. The van der Waals surface area contributed by atoms with Gasteiger partial charge in [0.25, 0.3) is 0 Å². The molecule has 0 bridgehead atoms. The highest BCUT2D eigenvalue weighted by molar-refractivity contribution is 5.03. The molecule has 0 aromatic carbocycles. The molecule has 0 amide bonds. The summed E-state index contributed by atoms with van der Waals surface area (Å²) in [5, 5.41) is 9.17. The van der Waals surface area contributed by atoms with E-state index in [0.29, 0.717) is 0 Å². The summed E-state index contributed by atoms with van der Waals surface area (Å²) in [6, 6.07) is 2.53. The van der Waals surface area contributed by atoms with Crippen LogP contribution in [0.25, 0.3) is 0 Å². The molecule has 13 heavy (non-hydrogen) atoms. The molecule has 0 aromatic rings. The predicted molar refractivity (Wildman–Crippen MR) is 55.2 cm³/mol. The van der Waals surface area contributed by atoms with Crippen molar-refractivity contribution >= 4 is 0 Å². The van der Waals surface area contributed by atoms with Gasteiger partial charge in [-0.1, -0.05) is 24.8 Å². The van der Waals surface area contributed by atoms with Gasteiger partial charge in [0.15, 0.2) is 0 Å². The number of nitriles is 1. The molecule has 0 aromatic heterocycles. The number of allylic oxidation sites excluding steroid dienone is 1. The molecule has 1 saturated carbocycles. The summed E-state index contributed by atoms with van der Waals surface area (Å²) in [5.74, 6) is 0. The number of nitrogens with zero attached hydrogens (tertiary/aromatic N) is 1. The maximum absolute atomic E-state index is 9.17. The van der Waals surface area contributed by atoms with E-state index in [2.05, 4.69) is 12.6 Å². The Morgan fingerprint density at radius 1 is 1.38 bits per heavy atom. The van der Waals surface area contributed by atoms with Gasteiger partial charge in [-0.15, -0.1) is 6.58 Å². The van der Waals surface area contributed by atoms with Crippen molar-refractivity contribution in [1.82, 2.24) is 0 Å². The molecule has 0 saturated heterocycles. The van der Waals surface area contributed by atoms with Crippen LogP contribution in [0.3, 0.4) is 0 Å². The fourth-order valence-electron chi connectivity index (χ4n) is 2.10. The van der Waals surface area contributed by atoms with Gasteiger partial charge in [-0.3, -0.25) is 0 Å². The molecule has 1 fully saturated rings. The van der Waals surface area contributed by atoms with Gasteiger partial charge in [0.05, 0.1) is 11.5 Å². The molecule has 1 heteroatoms. The van der Waals surface area contributed by atoms with Crippen LogP contribution in [0.15, 0.2) is 12.2 Å². The minimum absolute atomic E-state index is 0.00278. The second kappa shape index (κ2) is 4.46. The summed E-state index contributed by atoms with van der Waals surface area (Å²) in [4.78, 5) is 0. The zero-order chi connectivity index (χ0) is 9.73. The van der Waals surface area contributed by atoms with Crippen molar-refractivity contribution in [3.05, 3.63) is 12.2 Å². The van der Waals surface area contributed by atoms with Gasteiger partial charge < -0.3 is 0 Å². The van der Waals surface area contributed by atoms with Crippen LogP contribution in [0.4, 0.5) is 0 Å². The van der Waals surface area contributed by atoms with E-state index in [1.54, 1.807) is 0 Å². The molecule has 0 atom stereocenters. The number of hydrogen-bond donors (Lipinski definition) is 0. The van der Waals surface area contributed by atoms with Crippen molar-refractivity contribution in [2.24, 2.45) is 5.41 Å². The molecule has 0 heterocycles. The first-order chi connectivity index (χ1) is 6.18. The lowest BCUT2D eigenvalue weighted by Crippen LogP contribution is -2.21. The van der Waals surface area contributed by atoms with Crippen molar-refractivity contribution < 1.29 is 0 Å². The average molecular weight is 177 g/mol. The van der Waals surface area contributed by atoms with E-state index in [9.17, 15) is 5.26 Å². The van der Waals surface area contributed by atoms with E-state index < -0.39 is 0 Å². The van der Waals surface area contributed by atoms with Crippen molar-refractivity contribution in [2.75, 3.05) is 0 Å². The van der Waals surface area contributed by atoms with E-state index in [4.69, 9.17) is 0 Å². The van der Waals surface area contributed by atoms with Crippen LogP contribution in [0.1, 0.15) is 51.9 Å². The quantitative estimate of drug-likeness (QED) is 0.601. The molecule has 1 aliphatic rings.